The van der Waals surface area contributed by atoms with Gasteiger partial charge in [-0.3, -0.25) is 9.59 Å². The number of H-pyrrole nitrogens is 2. The van der Waals surface area contributed by atoms with Crippen LogP contribution in [0.5, 0.6) is 0 Å². The number of amides is 4. The van der Waals surface area contributed by atoms with Gasteiger partial charge in [-0.15, -0.1) is 0 Å². The van der Waals surface area contributed by atoms with Gasteiger partial charge in [0.15, 0.2) is 0 Å². The predicted octanol–water partition coefficient (Wildman–Crippen LogP) is 4.92. The number of imidazole rings is 2. The molecule has 6 atom stereocenters. The number of aliphatic hydroxyl groups excluding tert-OH is 2. The Bertz CT molecular complexity index is 2070. The highest BCUT2D eigenvalue weighted by molar-refractivity contribution is 6.78. The van der Waals surface area contributed by atoms with E-state index in [-0.39, 0.29) is 36.7 Å². The van der Waals surface area contributed by atoms with E-state index < -0.39 is 44.6 Å². The van der Waals surface area contributed by atoms with E-state index in [0.29, 0.717) is 30.8 Å². The van der Waals surface area contributed by atoms with Gasteiger partial charge in [0.2, 0.25) is 11.8 Å². The van der Waals surface area contributed by atoms with E-state index >= 15 is 0 Å². The molecule has 0 aliphatic carbocycles. The average molecular weight is 815 g/mol. The molecule has 16 nitrogen and oxygen atoms in total. The highest BCUT2D eigenvalue weighted by Crippen LogP contribution is 2.38. The smallest absolute Gasteiger partial charge is 0.407 e. The van der Waals surface area contributed by atoms with Crippen LogP contribution in [0.15, 0.2) is 60.9 Å². The van der Waals surface area contributed by atoms with Crippen LogP contribution in [0.1, 0.15) is 63.3 Å². The van der Waals surface area contributed by atoms with Crippen molar-refractivity contribution >= 4 is 32.1 Å². The van der Waals surface area contributed by atoms with Crippen LogP contribution in [0, 0.1) is 0 Å². The number of ether oxygens (including phenoxy) is 2. The van der Waals surface area contributed by atoms with Crippen molar-refractivity contribution in [3.05, 3.63) is 72.6 Å². The second-order valence-corrected chi connectivity index (χ2v) is 20.8. The molecule has 58 heavy (non-hydrogen) atoms. The van der Waals surface area contributed by atoms with E-state index in [9.17, 15) is 29.4 Å². The highest BCUT2D eigenvalue weighted by atomic mass is 28.3. The fourth-order valence-corrected chi connectivity index (χ4v) is 10.8. The lowest BCUT2D eigenvalue weighted by atomic mass is 10.0. The topological polar surface area (TPSA) is 215 Å². The Kier molecular flexibility index (Phi) is 13.0. The Balaban J connectivity index is 1.13. The molecule has 0 radical (unpaired) electrons. The van der Waals surface area contributed by atoms with Crippen LogP contribution >= 0.6 is 0 Å². The average Bonchev–Trinajstić information content (AvgIpc) is 4.07. The number of likely N-dealkylation sites (tertiary alicyclic amines) is 1. The molecule has 0 unspecified atom stereocenters. The number of nitrogens with one attached hydrogen (secondary N) is 4. The van der Waals surface area contributed by atoms with Crippen LogP contribution in [-0.4, -0.2) is 123 Å². The maximum atomic E-state index is 13.8. The summed E-state index contributed by atoms with van der Waals surface area (Å²) in [4.78, 5) is 71.0. The fraction of sp³-hybridized carbons (Fsp3) is 0.463. The monoisotopic (exact) mass is 814 g/mol. The minimum atomic E-state index is -1.84. The Hall–Kier alpha value is -5.52. The molecule has 6 rings (SSSR count). The third-order valence-electron chi connectivity index (χ3n) is 11.1. The molecule has 310 valence electrons. The Morgan fingerprint density at radius 1 is 0.741 bits per heavy atom. The minimum Gasteiger partial charge on any atom is -0.453 e. The summed E-state index contributed by atoms with van der Waals surface area (Å²) < 4.78 is 9.42. The molecule has 2 aliphatic heterocycles. The third kappa shape index (κ3) is 9.11. The number of benzene rings is 2. The highest BCUT2D eigenvalue weighted by Gasteiger charge is 2.46. The Morgan fingerprint density at radius 2 is 1.17 bits per heavy atom. The van der Waals surface area contributed by atoms with Crippen molar-refractivity contribution in [2.75, 3.05) is 26.9 Å². The first-order valence-electron chi connectivity index (χ1n) is 19.7. The number of carbonyl (C=O) groups is 4. The summed E-state index contributed by atoms with van der Waals surface area (Å²) in [5, 5.41) is 26.2. The molecule has 4 amide bonds. The number of hydrogen-bond acceptors (Lipinski definition) is 10. The van der Waals surface area contributed by atoms with Crippen LogP contribution in [0.3, 0.4) is 0 Å². The van der Waals surface area contributed by atoms with Gasteiger partial charge < -0.3 is 50.1 Å². The Morgan fingerprint density at radius 3 is 1.62 bits per heavy atom. The summed E-state index contributed by atoms with van der Waals surface area (Å²) >= 11 is 0. The van der Waals surface area contributed by atoms with Crippen molar-refractivity contribution in [1.29, 1.82) is 0 Å². The van der Waals surface area contributed by atoms with Gasteiger partial charge in [-0.05, 0) is 54.0 Å². The van der Waals surface area contributed by atoms with Crippen molar-refractivity contribution in [2.24, 2.45) is 0 Å². The van der Waals surface area contributed by atoms with E-state index in [0.717, 1.165) is 46.1 Å². The number of carbonyl (C=O) groups excluding carboxylic acids is 4. The second kappa shape index (κ2) is 18.0. The Labute approximate surface area is 338 Å². The lowest BCUT2D eigenvalue weighted by Crippen LogP contribution is -2.54. The van der Waals surface area contributed by atoms with Gasteiger partial charge in [-0.1, -0.05) is 75.5 Å². The molecule has 4 heterocycles. The van der Waals surface area contributed by atoms with Crippen molar-refractivity contribution in [3.63, 3.8) is 0 Å². The molecule has 4 aromatic rings. The first kappa shape index (κ1) is 42.1. The first-order valence-corrected chi connectivity index (χ1v) is 23.2. The molecule has 6 N–H and O–H groups in total. The van der Waals surface area contributed by atoms with E-state index in [1.165, 1.54) is 14.2 Å². The van der Waals surface area contributed by atoms with E-state index in [1.54, 1.807) is 36.0 Å². The van der Waals surface area contributed by atoms with E-state index in [4.69, 9.17) is 9.72 Å². The molecule has 2 aromatic heterocycles. The summed E-state index contributed by atoms with van der Waals surface area (Å²) in [5.74, 6) is 0.561. The first-order chi connectivity index (χ1) is 27.8. The maximum Gasteiger partial charge on any atom is 0.407 e. The molecular formula is C41H54N8O8Si. The van der Waals surface area contributed by atoms with Gasteiger partial charge in [-0.2, -0.15) is 0 Å². The molecular weight excluding hydrogens is 761 g/mol. The third-order valence-corrected chi connectivity index (χ3v) is 13.8. The molecule has 17 heteroatoms. The molecule has 2 saturated heterocycles. The predicted molar refractivity (Wildman–Crippen MR) is 219 cm³/mol. The lowest BCUT2D eigenvalue weighted by molar-refractivity contribution is -0.138. The number of nitrogens with zero attached hydrogens (tertiary/aromatic N) is 4. The van der Waals surface area contributed by atoms with Crippen molar-refractivity contribution in [1.82, 2.24) is 40.4 Å². The van der Waals surface area contributed by atoms with Gasteiger partial charge in [0.25, 0.3) is 0 Å². The standard InChI is InChI=1S/C41H54N8O8Si/c1-7-32(50)34(46-40(54)56-3)38(52)48-19-9-10-30(48)36-42-20-28(44-36)26-15-11-24(12-16-26)25-13-17-27(18-14-25)29-21-43-37(45-29)31-22-58(5,6)23-49(31)39(53)35(33(51)8-2)47-41(55)57-4/h11-18,20-21,30-35,50-51H,7-10,19,22-23H2,1-6H3,(H,42,44)(H,43,45)(H,46,54)(H,47,55)/t30-,31-,32+,33+,34-,35-/m0/s1. The van der Waals surface area contributed by atoms with Crippen LogP contribution < -0.4 is 10.6 Å². The molecule has 0 saturated carbocycles. The van der Waals surface area contributed by atoms with E-state index in [2.05, 4.69) is 43.4 Å². The zero-order valence-corrected chi connectivity index (χ0v) is 34.8. The fourth-order valence-electron chi connectivity index (χ4n) is 7.90. The number of aromatic amines is 2. The maximum absolute atomic E-state index is 13.8. The van der Waals surface area contributed by atoms with Crippen LogP contribution in [0.25, 0.3) is 33.6 Å². The second-order valence-electron chi connectivity index (χ2n) is 15.7. The molecule has 2 fully saturated rings. The van der Waals surface area contributed by atoms with Crippen LogP contribution in [0.4, 0.5) is 9.59 Å². The number of alkyl carbamates (subject to hydrolysis) is 2. The van der Waals surface area contributed by atoms with Crippen LogP contribution in [-0.2, 0) is 19.1 Å². The minimum absolute atomic E-state index is 0.284. The summed E-state index contributed by atoms with van der Waals surface area (Å²) in [6.45, 7) is 8.41. The summed E-state index contributed by atoms with van der Waals surface area (Å²) in [6.07, 6.45) is 2.44. The zero-order chi connectivity index (χ0) is 41.7. The normalized spacial score (nSPS) is 19.6. The summed E-state index contributed by atoms with van der Waals surface area (Å²) in [7, 11) is 0.595. The molecule has 0 spiro atoms. The number of aliphatic hydroxyl groups is 2. The van der Waals surface area contributed by atoms with Gasteiger partial charge in [0.05, 0.1) is 70.4 Å². The van der Waals surface area contributed by atoms with Gasteiger partial charge in [0, 0.05) is 12.7 Å². The molecule has 2 aliphatic rings. The number of methoxy groups -OCH3 is 2. The number of aromatic nitrogens is 4. The quantitative estimate of drug-likeness (QED) is 0.100. The van der Waals surface area contributed by atoms with Gasteiger partial charge in [-0.25, -0.2) is 19.6 Å². The molecule has 2 aromatic carbocycles. The lowest BCUT2D eigenvalue weighted by Gasteiger charge is -2.30. The van der Waals surface area contributed by atoms with Gasteiger partial charge in [0.1, 0.15) is 23.7 Å². The van der Waals surface area contributed by atoms with Gasteiger partial charge >= 0.3 is 12.2 Å². The summed E-state index contributed by atoms with van der Waals surface area (Å²) in [6, 6.07) is 14.1. The summed E-state index contributed by atoms with van der Waals surface area (Å²) in [5.41, 5.74) is 5.50. The molecule has 0 bridgehead atoms. The number of rotatable bonds is 13. The SMILES string of the molecule is CC[C@@H](O)[C@H](NC(=O)OC)C(=O)N1CCC[C@H]1c1ncc(-c2ccc(-c3ccc(-c4cnc([C@@H]5C[Si](C)(C)CN5C(=O)[C@@H](NC(=O)OC)[C@H](O)CC)[nH]4)cc3)cc2)[nH]1. The van der Waals surface area contributed by atoms with Crippen molar-refractivity contribution in [3.8, 4) is 33.6 Å². The van der Waals surface area contributed by atoms with E-state index in [1.807, 2.05) is 48.5 Å². The zero-order valence-electron chi connectivity index (χ0n) is 33.8. The van der Waals surface area contributed by atoms with Crippen LogP contribution in [0.2, 0.25) is 19.1 Å². The largest absolute Gasteiger partial charge is 0.453 e. The van der Waals surface area contributed by atoms with Crippen molar-refractivity contribution in [2.45, 2.75) is 95.0 Å². The number of hydrogen-bond donors (Lipinski definition) is 6. The van der Waals surface area contributed by atoms with Crippen molar-refractivity contribution < 1.29 is 38.9 Å².